The number of hydrogen-bond donors (Lipinski definition) is 2. The zero-order valence-electron chi connectivity index (χ0n) is 8.78. The van der Waals surface area contributed by atoms with Crippen LogP contribution < -0.4 is 5.32 Å². The van der Waals surface area contributed by atoms with E-state index in [1.165, 1.54) is 7.11 Å². The zero-order valence-corrected chi connectivity index (χ0v) is 8.78. The van der Waals surface area contributed by atoms with Crippen molar-refractivity contribution in [2.45, 2.75) is 12.8 Å². The van der Waals surface area contributed by atoms with Gasteiger partial charge in [-0.05, 0) is 19.0 Å². The van der Waals surface area contributed by atoms with E-state index in [1.54, 1.807) is 0 Å². The van der Waals surface area contributed by atoms with Crippen molar-refractivity contribution in [3.8, 4) is 0 Å². The second-order valence-corrected chi connectivity index (χ2v) is 3.76. The van der Waals surface area contributed by atoms with Gasteiger partial charge in [0, 0.05) is 5.92 Å². The van der Waals surface area contributed by atoms with Crippen LogP contribution in [-0.2, 0) is 4.74 Å². The molecule has 2 heterocycles. The van der Waals surface area contributed by atoms with Crippen molar-refractivity contribution in [3.05, 3.63) is 11.4 Å². The van der Waals surface area contributed by atoms with Crippen molar-refractivity contribution in [2.24, 2.45) is 5.92 Å². The van der Waals surface area contributed by atoms with Crippen molar-refractivity contribution in [2.75, 3.05) is 20.2 Å². The first-order chi connectivity index (χ1) is 7.24. The van der Waals surface area contributed by atoms with Crippen LogP contribution >= 0.6 is 0 Å². The van der Waals surface area contributed by atoms with Crippen LogP contribution in [0, 0.1) is 5.92 Å². The van der Waals surface area contributed by atoms with Gasteiger partial charge in [0.25, 0.3) is 0 Å². The fourth-order valence-electron chi connectivity index (χ4n) is 1.69. The molecule has 1 aliphatic heterocycles. The summed E-state index contributed by atoms with van der Waals surface area (Å²) in [6, 6.07) is 0. The van der Waals surface area contributed by atoms with Crippen molar-refractivity contribution in [1.29, 1.82) is 0 Å². The third-order valence-electron chi connectivity index (χ3n) is 2.91. The number of rotatable bonds is 3. The Morgan fingerprint density at radius 3 is 2.80 bits per heavy atom. The number of methoxy groups -OCH3 is 1. The summed E-state index contributed by atoms with van der Waals surface area (Å²) >= 11 is 0. The van der Waals surface area contributed by atoms with Gasteiger partial charge in [-0.25, -0.2) is 4.79 Å². The molecule has 1 saturated heterocycles. The predicted molar refractivity (Wildman–Crippen MR) is 52.5 cm³/mol. The monoisotopic (exact) mass is 210 g/mol. The van der Waals surface area contributed by atoms with E-state index in [1.807, 2.05) is 0 Å². The fourth-order valence-corrected chi connectivity index (χ4v) is 1.69. The lowest BCUT2D eigenvalue weighted by molar-refractivity contribution is 0.0591. The summed E-state index contributed by atoms with van der Waals surface area (Å²) < 4.78 is 4.64. The highest BCUT2D eigenvalue weighted by molar-refractivity contribution is 5.88. The van der Waals surface area contributed by atoms with E-state index in [2.05, 4.69) is 32.4 Å². The maximum absolute atomic E-state index is 11.4. The highest BCUT2D eigenvalue weighted by atomic mass is 16.5. The maximum Gasteiger partial charge on any atom is 0.360 e. The average Bonchev–Trinajstić information content (AvgIpc) is 2.62. The zero-order chi connectivity index (χ0) is 10.8. The molecule has 1 atom stereocenters. The molecule has 1 aromatic rings. The number of nitrogens with one attached hydrogen (secondary N) is 2. The van der Waals surface area contributed by atoms with Crippen LogP contribution in [0.2, 0.25) is 0 Å². The number of H-pyrrole nitrogens is 1. The summed E-state index contributed by atoms with van der Waals surface area (Å²) in [5, 5.41) is 13.5. The second-order valence-electron chi connectivity index (χ2n) is 3.76. The molecular weight excluding hydrogens is 196 g/mol. The van der Waals surface area contributed by atoms with Gasteiger partial charge in [0.05, 0.1) is 7.11 Å². The first-order valence-electron chi connectivity index (χ1n) is 4.93. The molecule has 1 unspecified atom stereocenters. The van der Waals surface area contributed by atoms with Crippen LogP contribution in [0.4, 0.5) is 0 Å². The molecule has 82 valence electrons. The number of nitrogens with zero attached hydrogens (tertiary/aromatic N) is 2. The van der Waals surface area contributed by atoms with Gasteiger partial charge >= 0.3 is 5.97 Å². The van der Waals surface area contributed by atoms with Crippen LogP contribution in [0.25, 0.3) is 0 Å². The Labute approximate surface area is 87.4 Å². The number of carbonyl (C=O) groups is 1. The van der Waals surface area contributed by atoms with Gasteiger partial charge in [0.15, 0.2) is 5.69 Å². The molecule has 1 fully saturated rings. The minimum Gasteiger partial charge on any atom is -0.464 e. The molecule has 2 rings (SSSR count). The Hall–Kier alpha value is -1.43. The Kier molecular flexibility index (Phi) is 2.68. The minimum absolute atomic E-state index is 0.221. The molecule has 0 aromatic carbocycles. The van der Waals surface area contributed by atoms with Gasteiger partial charge in [0.2, 0.25) is 0 Å². The molecule has 0 spiro atoms. The third-order valence-corrected chi connectivity index (χ3v) is 2.91. The summed E-state index contributed by atoms with van der Waals surface area (Å²) in [5.74, 6) is 0.315. The van der Waals surface area contributed by atoms with Gasteiger partial charge in [-0.2, -0.15) is 10.3 Å². The van der Waals surface area contributed by atoms with Crippen LogP contribution in [0.1, 0.15) is 29.0 Å². The molecule has 6 heteroatoms. The van der Waals surface area contributed by atoms with Crippen LogP contribution in [-0.4, -0.2) is 41.6 Å². The Balaban J connectivity index is 2.19. The Morgan fingerprint density at radius 1 is 1.53 bits per heavy atom. The van der Waals surface area contributed by atoms with Gasteiger partial charge in [0.1, 0.15) is 5.69 Å². The summed E-state index contributed by atoms with van der Waals surface area (Å²) in [4.78, 5) is 11.4. The van der Waals surface area contributed by atoms with E-state index in [9.17, 15) is 4.79 Å². The van der Waals surface area contributed by atoms with Gasteiger partial charge in [-0.3, -0.25) is 0 Å². The van der Waals surface area contributed by atoms with Crippen molar-refractivity contribution >= 4 is 5.97 Å². The van der Waals surface area contributed by atoms with Gasteiger partial charge in [-0.15, -0.1) is 5.10 Å². The topological polar surface area (TPSA) is 79.9 Å². The lowest BCUT2D eigenvalue weighted by atomic mass is 9.86. The number of aromatic nitrogens is 3. The molecule has 0 bridgehead atoms. The Bertz CT molecular complexity index is 359. The highest BCUT2D eigenvalue weighted by Crippen LogP contribution is 2.27. The second kappa shape index (κ2) is 3.98. The van der Waals surface area contributed by atoms with Crippen molar-refractivity contribution < 1.29 is 9.53 Å². The fraction of sp³-hybridized carbons (Fsp3) is 0.667. The normalized spacial score (nSPS) is 18.3. The highest BCUT2D eigenvalue weighted by Gasteiger charge is 2.30. The van der Waals surface area contributed by atoms with Crippen LogP contribution in [0.15, 0.2) is 0 Å². The van der Waals surface area contributed by atoms with E-state index >= 15 is 0 Å². The van der Waals surface area contributed by atoms with Crippen LogP contribution in [0.3, 0.4) is 0 Å². The minimum atomic E-state index is -0.433. The van der Waals surface area contributed by atoms with E-state index in [0.717, 1.165) is 13.1 Å². The summed E-state index contributed by atoms with van der Waals surface area (Å²) in [7, 11) is 1.34. The predicted octanol–water partition coefficient (Wildman–Crippen LogP) is -0.0858. The van der Waals surface area contributed by atoms with Crippen LogP contribution in [0.5, 0.6) is 0 Å². The first kappa shape index (κ1) is 10.1. The van der Waals surface area contributed by atoms with Gasteiger partial charge < -0.3 is 10.1 Å². The molecule has 0 aliphatic carbocycles. The largest absolute Gasteiger partial charge is 0.464 e. The average molecular weight is 210 g/mol. The molecule has 15 heavy (non-hydrogen) atoms. The molecule has 6 nitrogen and oxygen atoms in total. The Morgan fingerprint density at radius 2 is 2.27 bits per heavy atom. The lowest BCUT2D eigenvalue weighted by Gasteiger charge is -2.31. The lowest BCUT2D eigenvalue weighted by Crippen LogP contribution is -2.44. The van der Waals surface area contributed by atoms with Crippen molar-refractivity contribution in [1.82, 2.24) is 20.7 Å². The first-order valence-corrected chi connectivity index (χ1v) is 4.93. The quantitative estimate of drug-likeness (QED) is 0.682. The summed E-state index contributed by atoms with van der Waals surface area (Å²) in [6.45, 7) is 3.99. The smallest absolute Gasteiger partial charge is 0.360 e. The standard InChI is InChI=1S/C9H14N4O2/c1-5(6-3-10-4-6)7-8(9(14)15-2)12-13-11-7/h5-6,10H,3-4H2,1-2H3,(H,11,12,13). The number of ether oxygens (including phenoxy) is 1. The molecule has 2 N–H and O–H groups in total. The molecule has 0 saturated carbocycles. The maximum atomic E-state index is 11.4. The molecular formula is C9H14N4O2. The van der Waals surface area contributed by atoms with E-state index in [0.29, 0.717) is 17.3 Å². The van der Waals surface area contributed by atoms with E-state index in [-0.39, 0.29) is 5.92 Å². The molecule has 0 amide bonds. The molecule has 1 aromatic heterocycles. The number of aromatic amines is 1. The SMILES string of the molecule is COC(=O)c1n[nH]nc1C(C)C1CNC1. The molecule has 0 radical (unpaired) electrons. The number of carbonyl (C=O) groups excluding carboxylic acids is 1. The summed E-state index contributed by atoms with van der Waals surface area (Å²) in [5.41, 5.74) is 1.00. The van der Waals surface area contributed by atoms with Gasteiger partial charge in [-0.1, -0.05) is 6.92 Å². The third kappa shape index (κ3) is 1.72. The number of esters is 1. The number of hydrogen-bond acceptors (Lipinski definition) is 5. The molecule has 1 aliphatic rings. The van der Waals surface area contributed by atoms with E-state index in [4.69, 9.17) is 0 Å². The van der Waals surface area contributed by atoms with E-state index < -0.39 is 5.97 Å². The summed E-state index contributed by atoms with van der Waals surface area (Å²) in [6.07, 6.45) is 0. The van der Waals surface area contributed by atoms with Crippen molar-refractivity contribution in [3.63, 3.8) is 0 Å².